The lowest BCUT2D eigenvalue weighted by Gasteiger charge is -2.17. The van der Waals surface area contributed by atoms with E-state index in [1.807, 2.05) is 0 Å². The van der Waals surface area contributed by atoms with E-state index in [0.29, 0.717) is 5.57 Å². The molecule has 110 valence electrons. The molecule has 1 rings (SSSR count). The number of ether oxygens (including phenoxy) is 1. The molecule has 1 aromatic rings. The second kappa shape index (κ2) is 6.06. The summed E-state index contributed by atoms with van der Waals surface area (Å²) in [6.45, 7) is 5.53. The standard InChI is InChI=1S/C13H17NO5S/c1-9(2)8-14(3)20(17,18)10-5-6-12(19-4)11(7-10)13(15)16/h5-7H,1,8H2,2-4H3,(H,15,16). The van der Waals surface area contributed by atoms with Gasteiger partial charge in [0.2, 0.25) is 10.0 Å². The topological polar surface area (TPSA) is 83.9 Å². The van der Waals surface area contributed by atoms with Crippen molar-refractivity contribution in [3.63, 3.8) is 0 Å². The molecule has 0 bridgehead atoms. The van der Waals surface area contributed by atoms with E-state index in [1.165, 1.54) is 26.3 Å². The van der Waals surface area contributed by atoms with E-state index in [2.05, 4.69) is 6.58 Å². The lowest BCUT2D eigenvalue weighted by atomic mass is 10.2. The van der Waals surface area contributed by atoms with Gasteiger partial charge in [-0.25, -0.2) is 13.2 Å². The fraction of sp³-hybridized carbons (Fsp3) is 0.308. The molecule has 0 atom stereocenters. The van der Waals surface area contributed by atoms with Crippen LogP contribution >= 0.6 is 0 Å². The van der Waals surface area contributed by atoms with E-state index in [-0.39, 0.29) is 22.8 Å². The van der Waals surface area contributed by atoms with Crippen molar-refractivity contribution in [3.8, 4) is 5.75 Å². The molecule has 0 heterocycles. The average Bonchev–Trinajstić information content (AvgIpc) is 2.36. The first-order valence-corrected chi connectivity index (χ1v) is 7.16. The highest BCUT2D eigenvalue weighted by Gasteiger charge is 2.23. The molecule has 1 aromatic carbocycles. The van der Waals surface area contributed by atoms with Crippen molar-refractivity contribution in [3.05, 3.63) is 35.9 Å². The molecule has 6 nitrogen and oxygen atoms in total. The molecular formula is C13H17NO5S. The lowest BCUT2D eigenvalue weighted by Crippen LogP contribution is -2.28. The highest BCUT2D eigenvalue weighted by atomic mass is 32.2. The summed E-state index contributed by atoms with van der Waals surface area (Å²) < 4.78 is 30.6. The lowest BCUT2D eigenvalue weighted by molar-refractivity contribution is 0.0693. The summed E-state index contributed by atoms with van der Waals surface area (Å²) >= 11 is 0. The second-order valence-electron chi connectivity index (χ2n) is 4.39. The molecule has 0 unspecified atom stereocenters. The maximum Gasteiger partial charge on any atom is 0.339 e. The Morgan fingerprint density at radius 2 is 2.05 bits per heavy atom. The van der Waals surface area contributed by atoms with Crippen molar-refractivity contribution in [2.75, 3.05) is 20.7 Å². The summed E-state index contributed by atoms with van der Waals surface area (Å²) in [5, 5.41) is 9.07. The first kappa shape index (κ1) is 16.2. The molecular weight excluding hydrogens is 282 g/mol. The first-order valence-electron chi connectivity index (χ1n) is 5.72. The van der Waals surface area contributed by atoms with Crippen molar-refractivity contribution < 1.29 is 23.1 Å². The molecule has 0 fully saturated rings. The minimum absolute atomic E-state index is 0.0977. The molecule has 1 N–H and O–H groups in total. The van der Waals surface area contributed by atoms with Gasteiger partial charge in [-0.15, -0.1) is 0 Å². The van der Waals surface area contributed by atoms with Crippen LogP contribution in [0.2, 0.25) is 0 Å². The van der Waals surface area contributed by atoms with Gasteiger partial charge in [-0.05, 0) is 25.1 Å². The minimum atomic E-state index is -3.76. The zero-order valence-corrected chi connectivity index (χ0v) is 12.4. The van der Waals surface area contributed by atoms with Gasteiger partial charge in [0.1, 0.15) is 11.3 Å². The minimum Gasteiger partial charge on any atom is -0.496 e. The SMILES string of the molecule is C=C(C)CN(C)S(=O)(=O)c1ccc(OC)c(C(=O)O)c1. The number of hydrogen-bond acceptors (Lipinski definition) is 4. The van der Waals surface area contributed by atoms with Crippen LogP contribution in [0.4, 0.5) is 0 Å². The number of methoxy groups -OCH3 is 1. The smallest absolute Gasteiger partial charge is 0.339 e. The third kappa shape index (κ3) is 3.37. The Kier molecular flexibility index (Phi) is 4.91. The molecule has 0 spiro atoms. The number of aromatic carboxylic acids is 1. The number of likely N-dealkylation sites (N-methyl/N-ethyl adjacent to an activating group) is 1. The van der Waals surface area contributed by atoms with Crippen LogP contribution in [0.5, 0.6) is 5.75 Å². The number of carbonyl (C=O) groups is 1. The Bertz CT molecular complexity index is 636. The maximum atomic E-state index is 12.3. The van der Waals surface area contributed by atoms with Crippen LogP contribution in [0, 0.1) is 0 Å². The van der Waals surface area contributed by atoms with Gasteiger partial charge in [-0.2, -0.15) is 4.31 Å². The number of sulfonamides is 1. The molecule has 0 aliphatic carbocycles. The van der Waals surface area contributed by atoms with Crippen molar-refractivity contribution in [1.29, 1.82) is 0 Å². The van der Waals surface area contributed by atoms with E-state index < -0.39 is 16.0 Å². The Morgan fingerprint density at radius 3 is 2.50 bits per heavy atom. The first-order chi connectivity index (χ1) is 9.20. The van der Waals surface area contributed by atoms with Gasteiger partial charge < -0.3 is 9.84 Å². The number of carboxylic acids is 1. The molecule has 0 aliphatic heterocycles. The van der Waals surface area contributed by atoms with Crippen LogP contribution in [-0.2, 0) is 10.0 Å². The van der Waals surface area contributed by atoms with Gasteiger partial charge in [0.15, 0.2) is 0 Å². The van der Waals surface area contributed by atoms with Crippen LogP contribution in [0.15, 0.2) is 35.2 Å². The normalized spacial score (nSPS) is 11.4. The number of benzene rings is 1. The molecule has 0 saturated heterocycles. The molecule has 20 heavy (non-hydrogen) atoms. The number of carboxylic acid groups (broad SMARTS) is 1. The van der Waals surface area contributed by atoms with E-state index in [0.717, 1.165) is 10.4 Å². The summed E-state index contributed by atoms with van der Waals surface area (Å²) in [7, 11) is -1.03. The van der Waals surface area contributed by atoms with Gasteiger partial charge >= 0.3 is 5.97 Å². The molecule has 7 heteroatoms. The molecule has 0 radical (unpaired) electrons. The van der Waals surface area contributed by atoms with Gasteiger partial charge in [-0.3, -0.25) is 0 Å². The predicted molar refractivity (Wildman–Crippen MR) is 74.6 cm³/mol. The zero-order valence-electron chi connectivity index (χ0n) is 11.6. The van der Waals surface area contributed by atoms with Crippen LogP contribution in [-0.4, -0.2) is 44.5 Å². The van der Waals surface area contributed by atoms with E-state index in [4.69, 9.17) is 9.84 Å². The van der Waals surface area contributed by atoms with Crippen molar-refractivity contribution in [2.24, 2.45) is 0 Å². The quantitative estimate of drug-likeness (QED) is 0.806. The van der Waals surface area contributed by atoms with Crippen LogP contribution < -0.4 is 4.74 Å². The second-order valence-corrected chi connectivity index (χ2v) is 6.43. The molecule has 0 aliphatic rings. The average molecular weight is 299 g/mol. The highest BCUT2D eigenvalue weighted by Crippen LogP contribution is 2.24. The fourth-order valence-electron chi connectivity index (χ4n) is 1.66. The molecule has 0 amide bonds. The Labute approximate surface area is 118 Å². The predicted octanol–water partition coefficient (Wildman–Crippen LogP) is 1.59. The zero-order chi connectivity index (χ0) is 15.5. The number of rotatable bonds is 6. The van der Waals surface area contributed by atoms with Gasteiger partial charge in [0.05, 0.1) is 12.0 Å². The van der Waals surface area contributed by atoms with Crippen LogP contribution in [0.1, 0.15) is 17.3 Å². The van der Waals surface area contributed by atoms with E-state index in [9.17, 15) is 13.2 Å². The molecule has 0 saturated carbocycles. The van der Waals surface area contributed by atoms with Crippen LogP contribution in [0.25, 0.3) is 0 Å². The summed E-state index contributed by atoms with van der Waals surface area (Å²) in [5.74, 6) is -1.14. The summed E-state index contributed by atoms with van der Waals surface area (Å²) in [4.78, 5) is 11.0. The number of nitrogens with zero attached hydrogens (tertiary/aromatic N) is 1. The van der Waals surface area contributed by atoms with Gasteiger partial charge in [0.25, 0.3) is 0 Å². The number of hydrogen-bond donors (Lipinski definition) is 1. The van der Waals surface area contributed by atoms with Gasteiger partial charge in [0, 0.05) is 13.6 Å². The largest absolute Gasteiger partial charge is 0.496 e. The van der Waals surface area contributed by atoms with Gasteiger partial charge in [-0.1, -0.05) is 12.2 Å². The van der Waals surface area contributed by atoms with Crippen molar-refractivity contribution in [1.82, 2.24) is 4.31 Å². The van der Waals surface area contributed by atoms with Crippen LogP contribution in [0.3, 0.4) is 0 Å². The monoisotopic (exact) mass is 299 g/mol. The van der Waals surface area contributed by atoms with Crippen molar-refractivity contribution in [2.45, 2.75) is 11.8 Å². The summed E-state index contributed by atoms with van der Waals surface area (Å²) in [6, 6.07) is 3.73. The fourth-order valence-corrected chi connectivity index (χ4v) is 2.92. The maximum absolute atomic E-state index is 12.3. The highest BCUT2D eigenvalue weighted by molar-refractivity contribution is 7.89. The Morgan fingerprint density at radius 1 is 1.45 bits per heavy atom. The summed E-state index contributed by atoms with van der Waals surface area (Å²) in [5.41, 5.74) is 0.486. The Hall–Kier alpha value is -1.86. The van der Waals surface area contributed by atoms with Crippen molar-refractivity contribution >= 4 is 16.0 Å². The summed E-state index contributed by atoms with van der Waals surface area (Å²) in [6.07, 6.45) is 0. The van der Waals surface area contributed by atoms with E-state index in [1.54, 1.807) is 6.92 Å². The molecule has 0 aromatic heterocycles. The third-order valence-corrected chi connectivity index (χ3v) is 4.40. The Balaban J connectivity index is 3.29. The van der Waals surface area contributed by atoms with E-state index >= 15 is 0 Å². The third-order valence-electron chi connectivity index (χ3n) is 2.60.